The van der Waals surface area contributed by atoms with Crippen LogP contribution in [0.3, 0.4) is 0 Å². The zero-order chi connectivity index (χ0) is 21.7. The Morgan fingerprint density at radius 3 is 2.30 bits per heavy atom. The number of benzene rings is 2. The van der Waals surface area contributed by atoms with Crippen LogP contribution in [0.15, 0.2) is 36.4 Å². The number of fused-ring (bicyclic) bond motifs is 1. The molecule has 0 bridgehead atoms. The molecule has 2 aromatic rings. The van der Waals surface area contributed by atoms with Gasteiger partial charge in [-0.25, -0.2) is 9.69 Å². The number of aryl methyl sites for hydroxylation is 2. The van der Waals surface area contributed by atoms with Crippen LogP contribution in [0.2, 0.25) is 0 Å². The van der Waals surface area contributed by atoms with E-state index in [1.165, 1.54) is 30.2 Å². The molecule has 0 atom stereocenters. The number of imide groups is 1. The topological polar surface area (TPSA) is 63.7 Å². The molecule has 0 unspecified atom stereocenters. The van der Waals surface area contributed by atoms with Gasteiger partial charge in [-0.3, -0.25) is 9.59 Å². The lowest BCUT2D eigenvalue weighted by Crippen LogP contribution is -2.30. The smallest absolute Gasteiger partial charge is 0.338 e. The summed E-state index contributed by atoms with van der Waals surface area (Å²) in [6, 6.07) is 10.2. The predicted octanol–water partition coefficient (Wildman–Crippen LogP) is 5.62. The lowest BCUT2D eigenvalue weighted by molar-refractivity contribution is 0.0497. The van der Waals surface area contributed by atoms with Crippen molar-refractivity contribution in [3.63, 3.8) is 0 Å². The van der Waals surface area contributed by atoms with Gasteiger partial charge in [0.25, 0.3) is 11.8 Å². The van der Waals surface area contributed by atoms with Crippen molar-refractivity contribution in [3.05, 3.63) is 64.2 Å². The highest BCUT2D eigenvalue weighted by Crippen LogP contribution is 2.31. The maximum atomic E-state index is 13.0. The van der Waals surface area contributed by atoms with Crippen LogP contribution < -0.4 is 4.90 Å². The summed E-state index contributed by atoms with van der Waals surface area (Å²) in [5, 5.41) is 0. The molecule has 0 N–H and O–H groups in total. The number of carbonyl (C=O) groups excluding carboxylic acids is 3. The zero-order valence-electron chi connectivity index (χ0n) is 18.0. The first-order chi connectivity index (χ1) is 14.4. The molecule has 1 aliphatic heterocycles. The van der Waals surface area contributed by atoms with Crippen molar-refractivity contribution < 1.29 is 19.1 Å². The molecule has 0 saturated heterocycles. The van der Waals surface area contributed by atoms with E-state index in [1.807, 2.05) is 26.0 Å². The summed E-state index contributed by atoms with van der Waals surface area (Å²) in [6.07, 6.45) is 6.67. The van der Waals surface area contributed by atoms with Gasteiger partial charge >= 0.3 is 5.97 Å². The highest BCUT2D eigenvalue weighted by molar-refractivity contribution is 6.34. The summed E-state index contributed by atoms with van der Waals surface area (Å²) in [6.45, 7) is 6.38. The van der Waals surface area contributed by atoms with E-state index >= 15 is 0 Å². The summed E-state index contributed by atoms with van der Waals surface area (Å²) in [4.78, 5) is 39.4. The summed E-state index contributed by atoms with van der Waals surface area (Å²) in [5.41, 5.74) is 3.33. The number of ether oxygens (including phenoxy) is 1. The van der Waals surface area contributed by atoms with Crippen LogP contribution in [-0.2, 0) is 4.74 Å². The van der Waals surface area contributed by atoms with Crippen molar-refractivity contribution in [1.29, 1.82) is 0 Å². The Morgan fingerprint density at radius 1 is 0.867 bits per heavy atom. The van der Waals surface area contributed by atoms with E-state index in [2.05, 4.69) is 6.92 Å². The fraction of sp³-hybridized carbons (Fsp3) is 0.400. The molecule has 0 aromatic heterocycles. The third kappa shape index (κ3) is 4.61. The highest BCUT2D eigenvalue weighted by Gasteiger charge is 2.37. The van der Waals surface area contributed by atoms with Gasteiger partial charge in [0.2, 0.25) is 0 Å². The van der Waals surface area contributed by atoms with Crippen molar-refractivity contribution >= 4 is 23.5 Å². The minimum atomic E-state index is -0.462. The zero-order valence-corrected chi connectivity index (χ0v) is 18.0. The first kappa shape index (κ1) is 21.8. The Kier molecular flexibility index (Phi) is 7.03. The highest BCUT2D eigenvalue weighted by atomic mass is 16.5. The number of hydrogen-bond acceptors (Lipinski definition) is 4. The van der Waals surface area contributed by atoms with Crippen LogP contribution in [0.25, 0.3) is 0 Å². The number of nitrogens with zero attached hydrogens (tertiary/aromatic N) is 1. The number of amides is 2. The molecule has 0 spiro atoms. The van der Waals surface area contributed by atoms with Gasteiger partial charge in [-0.1, -0.05) is 56.7 Å². The van der Waals surface area contributed by atoms with Crippen LogP contribution in [0, 0.1) is 13.8 Å². The monoisotopic (exact) mass is 407 g/mol. The second-order valence-corrected chi connectivity index (χ2v) is 7.90. The Balaban J connectivity index is 1.67. The van der Waals surface area contributed by atoms with Gasteiger partial charge in [0.15, 0.2) is 0 Å². The summed E-state index contributed by atoms with van der Waals surface area (Å²) in [7, 11) is 0. The minimum absolute atomic E-state index is 0.244. The first-order valence-electron chi connectivity index (χ1n) is 10.7. The molecule has 5 nitrogen and oxygen atoms in total. The van der Waals surface area contributed by atoms with Crippen LogP contribution in [0.4, 0.5) is 5.69 Å². The molecule has 158 valence electrons. The normalized spacial score (nSPS) is 13.0. The Hall–Kier alpha value is -2.95. The Morgan fingerprint density at radius 2 is 1.57 bits per heavy atom. The van der Waals surface area contributed by atoms with Gasteiger partial charge in [-0.2, -0.15) is 0 Å². The van der Waals surface area contributed by atoms with Gasteiger partial charge in [-0.15, -0.1) is 0 Å². The molecular weight excluding hydrogens is 378 g/mol. The Labute approximate surface area is 178 Å². The van der Waals surface area contributed by atoms with Crippen molar-refractivity contribution in [2.45, 2.75) is 59.3 Å². The molecule has 2 amide bonds. The molecule has 5 heteroatoms. The second kappa shape index (κ2) is 9.70. The first-order valence-corrected chi connectivity index (χ1v) is 10.7. The molecule has 3 rings (SSSR count). The molecule has 1 heterocycles. The van der Waals surface area contributed by atoms with Gasteiger partial charge < -0.3 is 4.74 Å². The summed E-state index contributed by atoms with van der Waals surface area (Å²) < 4.78 is 5.35. The van der Waals surface area contributed by atoms with Crippen molar-refractivity contribution in [3.8, 4) is 0 Å². The second-order valence-electron chi connectivity index (χ2n) is 7.90. The van der Waals surface area contributed by atoms with Gasteiger partial charge in [0, 0.05) is 0 Å². The molecule has 1 aliphatic rings. The van der Waals surface area contributed by atoms with Crippen molar-refractivity contribution in [1.82, 2.24) is 0 Å². The summed E-state index contributed by atoms with van der Waals surface area (Å²) >= 11 is 0. The molecule has 30 heavy (non-hydrogen) atoms. The van der Waals surface area contributed by atoms with Crippen molar-refractivity contribution in [2.24, 2.45) is 0 Å². The average molecular weight is 408 g/mol. The minimum Gasteiger partial charge on any atom is -0.462 e. The van der Waals surface area contributed by atoms with E-state index in [0.29, 0.717) is 23.4 Å². The number of esters is 1. The van der Waals surface area contributed by atoms with Crippen molar-refractivity contribution in [2.75, 3.05) is 11.5 Å². The molecule has 2 aromatic carbocycles. The molecule has 0 radical (unpaired) electrons. The number of anilines is 1. The average Bonchev–Trinajstić information content (AvgIpc) is 2.97. The molecule has 0 aliphatic carbocycles. The van der Waals surface area contributed by atoms with E-state index < -0.39 is 11.9 Å². The van der Waals surface area contributed by atoms with E-state index in [-0.39, 0.29) is 11.5 Å². The van der Waals surface area contributed by atoms with Gasteiger partial charge in [0.1, 0.15) is 0 Å². The Bertz CT molecular complexity index is 964. The van der Waals surface area contributed by atoms with Gasteiger partial charge in [-0.05, 0) is 50.1 Å². The van der Waals surface area contributed by atoms with Crippen LogP contribution >= 0.6 is 0 Å². The molecule has 0 saturated carbocycles. The van der Waals surface area contributed by atoms with E-state index in [9.17, 15) is 14.4 Å². The lowest BCUT2D eigenvalue weighted by atomic mass is 10.1. The fourth-order valence-corrected chi connectivity index (χ4v) is 3.77. The van der Waals surface area contributed by atoms with Crippen LogP contribution in [0.1, 0.15) is 87.6 Å². The fourth-order valence-electron chi connectivity index (χ4n) is 3.77. The van der Waals surface area contributed by atoms with E-state index in [0.717, 1.165) is 30.4 Å². The number of hydrogen-bond donors (Lipinski definition) is 0. The van der Waals surface area contributed by atoms with E-state index in [4.69, 9.17) is 4.74 Å². The summed E-state index contributed by atoms with van der Waals surface area (Å²) in [5.74, 6) is -1.24. The standard InChI is InChI=1S/C25H29NO4/c1-4-5-6-7-8-9-14-30-25(29)19-11-12-20-21(16-19)24(28)26(23(20)27)22-13-10-17(2)15-18(22)3/h10-13,15-16H,4-9,14H2,1-3H3. The lowest BCUT2D eigenvalue weighted by Gasteiger charge is -2.16. The third-order valence-electron chi connectivity index (χ3n) is 5.45. The van der Waals surface area contributed by atoms with E-state index in [1.54, 1.807) is 18.2 Å². The van der Waals surface area contributed by atoms with Gasteiger partial charge in [0.05, 0.1) is 29.0 Å². The molecular formula is C25H29NO4. The number of unbranched alkanes of at least 4 members (excludes halogenated alkanes) is 5. The number of carbonyl (C=O) groups is 3. The van der Waals surface area contributed by atoms with Crippen LogP contribution in [0.5, 0.6) is 0 Å². The largest absolute Gasteiger partial charge is 0.462 e. The van der Waals surface area contributed by atoms with Crippen LogP contribution in [-0.4, -0.2) is 24.4 Å². The predicted molar refractivity (Wildman–Crippen MR) is 117 cm³/mol. The quantitative estimate of drug-likeness (QED) is 0.307. The molecule has 0 fully saturated rings. The third-order valence-corrected chi connectivity index (χ3v) is 5.45. The maximum absolute atomic E-state index is 13.0. The number of rotatable bonds is 9. The SMILES string of the molecule is CCCCCCCCOC(=O)c1ccc2c(c1)C(=O)N(c1ccc(C)cc1C)C2=O. The maximum Gasteiger partial charge on any atom is 0.338 e.